The number of rotatable bonds is 10. The largest absolute Gasteiger partial charge is 0.417 e. The van der Waals surface area contributed by atoms with Crippen molar-refractivity contribution in [1.29, 1.82) is 0 Å². The normalized spacial score (nSPS) is 12.1. The highest BCUT2D eigenvalue weighted by atomic mass is 35.5. The number of hydrogen-bond acceptors (Lipinski definition) is 5. The molecule has 3 aromatic carbocycles. The van der Waals surface area contributed by atoms with Crippen LogP contribution in [0.5, 0.6) is 0 Å². The van der Waals surface area contributed by atoms with Gasteiger partial charge in [0, 0.05) is 24.3 Å². The van der Waals surface area contributed by atoms with Gasteiger partial charge in [0.25, 0.3) is 10.0 Å². The fourth-order valence-electron chi connectivity index (χ4n) is 3.42. The summed E-state index contributed by atoms with van der Waals surface area (Å²) in [7, 11) is -7.78. The smallest absolute Gasteiger partial charge is 0.326 e. The van der Waals surface area contributed by atoms with E-state index in [1.807, 2.05) is 0 Å². The van der Waals surface area contributed by atoms with Crippen molar-refractivity contribution in [2.24, 2.45) is 0 Å². The van der Waals surface area contributed by atoms with Gasteiger partial charge in [0.15, 0.2) is 0 Å². The molecule has 0 saturated carbocycles. The molecule has 204 valence electrons. The predicted octanol–water partition coefficient (Wildman–Crippen LogP) is 5.34. The van der Waals surface area contributed by atoms with Gasteiger partial charge >= 0.3 is 6.18 Å². The van der Waals surface area contributed by atoms with Crippen molar-refractivity contribution in [1.82, 2.24) is 0 Å². The first-order valence-corrected chi connectivity index (χ1v) is 14.7. The number of hydrogen-bond donors (Lipinski definition) is 2. The number of sulfonamides is 2. The summed E-state index contributed by atoms with van der Waals surface area (Å²) < 4.78 is 91.9. The molecule has 0 bridgehead atoms. The van der Waals surface area contributed by atoms with Crippen molar-refractivity contribution in [3.8, 4) is 0 Å². The third-order valence-corrected chi connectivity index (χ3v) is 8.10. The van der Waals surface area contributed by atoms with E-state index in [0.29, 0.717) is 11.8 Å². The second-order valence-electron chi connectivity index (χ2n) is 8.14. The third-order valence-electron chi connectivity index (χ3n) is 5.18. The summed E-state index contributed by atoms with van der Waals surface area (Å²) in [5.74, 6) is -0.416. The van der Waals surface area contributed by atoms with Gasteiger partial charge in [-0.2, -0.15) is 13.2 Å². The summed E-state index contributed by atoms with van der Waals surface area (Å²) in [6.45, 7) is 0.0832. The Balaban J connectivity index is 1.60. The SMILES string of the molecule is CS(=O)(=O)N(CCCC(=O)Nc1ccc(S(=O)(=O)Nc2ccc(Cl)c(C(F)(F)F)c2)cc1)c1ccccc1. The van der Waals surface area contributed by atoms with Gasteiger partial charge in [-0.25, -0.2) is 16.8 Å². The Morgan fingerprint density at radius 3 is 2.11 bits per heavy atom. The molecule has 8 nitrogen and oxygen atoms in total. The number of nitrogens with zero attached hydrogens (tertiary/aromatic N) is 1. The average molecular weight is 590 g/mol. The van der Waals surface area contributed by atoms with E-state index in [4.69, 9.17) is 11.6 Å². The molecule has 0 aliphatic heterocycles. The molecule has 2 N–H and O–H groups in total. The lowest BCUT2D eigenvalue weighted by molar-refractivity contribution is -0.137. The Bertz CT molecular complexity index is 1500. The average Bonchev–Trinajstić information content (AvgIpc) is 2.82. The van der Waals surface area contributed by atoms with E-state index in [1.165, 1.54) is 28.6 Å². The Labute approximate surface area is 223 Å². The van der Waals surface area contributed by atoms with Crippen molar-refractivity contribution < 1.29 is 34.8 Å². The number of anilines is 3. The van der Waals surface area contributed by atoms with Crippen LogP contribution in [0.1, 0.15) is 18.4 Å². The monoisotopic (exact) mass is 589 g/mol. The molecular weight excluding hydrogens is 567 g/mol. The van der Waals surface area contributed by atoms with Gasteiger partial charge in [-0.1, -0.05) is 29.8 Å². The van der Waals surface area contributed by atoms with E-state index < -0.39 is 42.7 Å². The standard InChI is InChI=1S/C24H23ClF3N3O5S2/c1-37(33,34)31(19-6-3-2-4-7-19)15-5-8-23(32)29-17-9-12-20(13-10-17)38(35,36)30-18-11-14-22(25)21(16-18)24(26,27)28/h2-4,6-7,9-14,16,30H,5,8,15H2,1H3,(H,29,32). The maximum atomic E-state index is 13.1. The molecule has 0 unspecified atom stereocenters. The number of halogens is 4. The topological polar surface area (TPSA) is 113 Å². The number of carbonyl (C=O) groups is 1. The molecule has 0 radical (unpaired) electrons. The van der Waals surface area contributed by atoms with Crippen LogP contribution < -0.4 is 14.3 Å². The quantitative estimate of drug-likeness (QED) is 0.331. The minimum absolute atomic E-state index is 0.00142. The minimum atomic E-state index is -4.76. The zero-order valence-electron chi connectivity index (χ0n) is 19.9. The Morgan fingerprint density at radius 1 is 0.921 bits per heavy atom. The summed E-state index contributed by atoms with van der Waals surface area (Å²) in [6, 6.07) is 16.1. The maximum Gasteiger partial charge on any atom is 0.417 e. The Hall–Kier alpha value is -3.29. The molecule has 14 heteroatoms. The van der Waals surface area contributed by atoms with E-state index in [2.05, 4.69) is 10.0 Å². The highest BCUT2D eigenvalue weighted by Gasteiger charge is 2.33. The van der Waals surface area contributed by atoms with E-state index >= 15 is 0 Å². The minimum Gasteiger partial charge on any atom is -0.326 e. The molecule has 38 heavy (non-hydrogen) atoms. The molecule has 0 saturated heterocycles. The molecule has 0 aromatic heterocycles. The number of para-hydroxylation sites is 1. The maximum absolute atomic E-state index is 13.1. The first-order chi connectivity index (χ1) is 17.7. The molecule has 3 aromatic rings. The summed E-state index contributed by atoms with van der Waals surface area (Å²) in [5.41, 5.74) is -0.740. The summed E-state index contributed by atoms with van der Waals surface area (Å²) in [6.07, 6.45) is -3.46. The molecule has 0 heterocycles. The van der Waals surface area contributed by atoms with Crippen LogP contribution in [-0.4, -0.2) is 35.5 Å². The second kappa shape index (κ2) is 11.6. The van der Waals surface area contributed by atoms with E-state index in [1.54, 1.807) is 30.3 Å². The van der Waals surface area contributed by atoms with Gasteiger partial charge < -0.3 is 5.32 Å². The molecule has 0 spiro atoms. The molecular formula is C24H23ClF3N3O5S2. The van der Waals surface area contributed by atoms with Crippen molar-refractivity contribution in [2.75, 3.05) is 27.1 Å². The zero-order chi connectivity index (χ0) is 28.1. The van der Waals surface area contributed by atoms with Crippen LogP contribution in [0.15, 0.2) is 77.7 Å². The number of benzene rings is 3. The van der Waals surface area contributed by atoms with Gasteiger partial charge in [0.1, 0.15) is 0 Å². The van der Waals surface area contributed by atoms with Crippen molar-refractivity contribution >= 4 is 54.6 Å². The van der Waals surface area contributed by atoms with Crippen molar-refractivity contribution in [3.05, 3.63) is 83.4 Å². The fraction of sp³-hybridized carbons (Fsp3) is 0.208. The van der Waals surface area contributed by atoms with Crippen LogP contribution in [0, 0.1) is 0 Å². The van der Waals surface area contributed by atoms with Crippen LogP contribution >= 0.6 is 11.6 Å². The van der Waals surface area contributed by atoms with Crippen LogP contribution in [0.3, 0.4) is 0 Å². The highest BCUT2D eigenvalue weighted by molar-refractivity contribution is 7.92. The molecule has 3 rings (SSSR count). The van der Waals surface area contributed by atoms with Crippen LogP contribution in [-0.2, 0) is 31.0 Å². The summed E-state index contributed by atoms with van der Waals surface area (Å²) in [4.78, 5) is 12.1. The number of alkyl halides is 3. The lowest BCUT2D eigenvalue weighted by Gasteiger charge is -2.22. The zero-order valence-corrected chi connectivity index (χ0v) is 22.3. The van der Waals surface area contributed by atoms with Gasteiger partial charge in [-0.3, -0.25) is 13.8 Å². The van der Waals surface area contributed by atoms with Crippen LogP contribution in [0.25, 0.3) is 0 Å². The van der Waals surface area contributed by atoms with E-state index in [9.17, 15) is 34.8 Å². The lowest BCUT2D eigenvalue weighted by Crippen LogP contribution is -2.31. The number of nitrogens with one attached hydrogen (secondary N) is 2. The second-order valence-corrected chi connectivity index (χ2v) is 12.1. The molecule has 0 aliphatic carbocycles. The predicted molar refractivity (Wildman–Crippen MR) is 140 cm³/mol. The van der Waals surface area contributed by atoms with Crippen molar-refractivity contribution in [2.45, 2.75) is 23.9 Å². The highest BCUT2D eigenvalue weighted by Crippen LogP contribution is 2.36. The van der Waals surface area contributed by atoms with E-state index in [-0.39, 0.29) is 35.7 Å². The van der Waals surface area contributed by atoms with Gasteiger partial charge in [0.05, 0.1) is 27.4 Å². The summed E-state index contributed by atoms with van der Waals surface area (Å²) in [5, 5.41) is 2.03. The first-order valence-electron chi connectivity index (χ1n) is 11.0. The third kappa shape index (κ3) is 7.85. The first kappa shape index (κ1) is 29.3. The Morgan fingerprint density at radius 2 is 1.53 bits per heavy atom. The summed E-state index contributed by atoms with van der Waals surface area (Å²) >= 11 is 5.56. The van der Waals surface area contributed by atoms with Crippen LogP contribution in [0.4, 0.5) is 30.2 Å². The number of carbonyl (C=O) groups excluding carboxylic acids is 1. The molecule has 0 aliphatic rings. The molecule has 0 fully saturated rings. The number of amides is 1. The van der Waals surface area contributed by atoms with Gasteiger partial charge in [-0.05, 0) is 61.0 Å². The molecule has 0 atom stereocenters. The van der Waals surface area contributed by atoms with E-state index in [0.717, 1.165) is 18.4 Å². The van der Waals surface area contributed by atoms with Crippen LogP contribution in [0.2, 0.25) is 5.02 Å². The fourth-order valence-corrected chi connectivity index (χ4v) is 5.66. The Kier molecular flexibility index (Phi) is 8.95. The lowest BCUT2D eigenvalue weighted by atomic mass is 10.2. The molecule has 1 amide bonds. The van der Waals surface area contributed by atoms with Crippen molar-refractivity contribution in [3.63, 3.8) is 0 Å². The van der Waals surface area contributed by atoms with Gasteiger partial charge in [-0.15, -0.1) is 0 Å². The van der Waals surface area contributed by atoms with Gasteiger partial charge in [0.2, 0.25) is 15.9 Å².